The predicted octanol–water partition coefficient (Wildman–Crippen LogP) is 3.62. The van der Waals surface area contributed by atoms with Crippen LogP contribution >= 0.6 is 0 Å². The molecule has 0 saturated carbocycles. The molecule has 3 nitrogen and oxygen atoms in total. The molecular weight excluding hydrogens is 214 g/mol. The summed E-state index contributed by atoms with van der Waals surface area (Å²) in [6.07, 6.45) is 4.90. The number of rotatable bonds is 2. The SMILES string of the molecule is CC(C)C1(C)C=CCc2c([N+](=O)[O-])cccc21. The first-order valence-electron chi connectivity index (χ1n) is 5.91. The maximum Gasteiger partial charge on any atom is 0.273 e. The van der Waals surface area contributed by atoms with Gasteiger partial charge in [0.05, 0.1) is 4.92 Å². The van der Waals surface area contributed by atoms with Crippen molar-refractivity contribution < 1.29 is 4.92 Å². The first kappa shape index (κ1) is 11.8. The monoisotopic (exact) mass is 231 g/mol. The average Bonchev–Trinajstić information content (AvgIpc) is 2.28. The fraction of sp³-hybridized carbons (Fsp3) is 0.429. The van der Waals surface area contributed by atoms with E-state index in [1.165, 1.54) is 0 Å². The molecule has 17 heavy (non-hydrogen) atoms. The highest BCUT2D eigenvalue weighted by Crippen LogP contribution is 2.41. The summed E-state index contributed by atoms with van der Waals surface area (Å²) in [4.78, 5) is 10.8. The van der Waals surface area contributed by atoms with Gasteiger partial charge >= 0.3 is 0 Å². The van der Waals surface area contributed by atoms with Gasteiger partial charge in [-0.3, -0.25) is 10.1 Å². The van der Waals surface area contributed by atoms with Crippen LogP contribution in [0.1, 0.15) is 31.9 Å². The second-order valence-electron chi connectivity index (χ2n) is 5.10. The molecule has 0 spiro atoms. The highest BCUT2D eigenvalue weighted by Gasteiger charge is 2.34. The predicted molar refractivity (Wildman–Crippen MR) is 68.1 cm³/mol. The van der Waals surface area contributed by atoms with E-state index in [1.807, 2.05) is 6.07 Å². The first-order valence-corrected chi connectivity index (χ1v) is 5.91. The fourth-order valence-electron chi connectivity index (χ4n) is 2.48. The average molecular weight is 231 g/mol. The number of nitrogens with zero attached hydrogens (tertiary/aromatic N) is 1. The normalized spacial score (nSPS) is 22.6. The number of hydrogen-bond donors (Lipinski definition) is 0. The Kier molecular flexibility index (Phi) is 2.77. The van der Waals surface area contributed by atoms with Gasteiger partial charge in [0.15, 0.2) is 0 Å². The Morgan fingerprint density at radius 3 is 2.71 bits per heavy atom. The van der Waals surface area contributed by atoms with Crippen molar-refractivity contribution in [1.29, 1.82) is 0 Å². The van der Waals surface area contributed by atoms with E-state index in [2.05, 4.69) is 32.9 Å². The van der Waals surface area contributed by atoms with Crippen LogP contribution in [0.3, 0.4) is 0 Å². The van der Waals surface area contributed by atoms with Gasteiger partial charge in [0.25, 0.3) is 5.69 Å². The van der Waals surface area contributed by atoms with Crippen molar-refractivity contribution in [3.8, 4) is 0 Å². The maximum atomic E-state index is 11.0. The summed E-state index contributed by atoms with van der Waals surface area (Å²) in [6.45, 7) is 6.45. The van der Waals surface area contributed by atoms with Crippen molar-refractivity contribution in [2.45, 2.75) is 32.6 Å². The van der Waals surface area contributed by atoms with E-state index in [0.29, 0.717) is 12.3 Å². The molecule has 0 amide bonds. The van der Waals surface area contributed by atoms with Crippen LogP contribution < -0.4 is 0 Å². The number of nitro benzene ring substituents is 1. The molecule has 0 fully saturated rings. The van der Waals surface area contributed by atoms with Crippen LogP contribution in [0.2, 0.25) is 0 Å². The maximum absolute atomic E-state index is 11.0. The van der Waals surface area contributed by atoms with Gasteiger partial charge in [-0.05, 0) is 17.9 Å². The number of fused-ring (bicyclic) bond motifs is 1. The summed E-state index contributed by atoms with van der Waals surface area (Å²) in [5, 5.41) is 11.0. The molecule has 1 aliphatic rings. The Bertz CT molecular complexity index is 491. The first-order chi connectivity index (χ1) is 7.97. The Morgan fingerprint density at radius 2 is 2.12 bits per heavy atom. The molecule has 0 heterocycles. The Hall–Kier alpha value is -1.64. The Labute approximate surface area is 101 Å². The van der Waals surface area contributed by atoms with Gasteiger partial charge in [-0.1, -0.05) is 45.1 Å². The van der Waals surface area contributed by atoms with Crippen molar-refractivity contribution >= 4 is 5.69 Å². The molecule has 1 aromatic rings. The van der Waals surface area contributed by atoms with Gasteiger partial charge in [0.1, 0.15) is 0 Å². The standard InChI is InChI=1S/C14H17NO2/c1-10(2)14(3)9-5-6-11-12(14)7-4-8-13(11)15(16)17/h4-5,7-10H,6H2,1-3H3. The molecule has 0 saturated heterocycles. The van der Waals surface area contributed by atoms with Crippen molar-refractivity contribution in [2.75, 3.05) is 0 Å². The molecule has 0 N–H and O–H groups in total. The van der Waals surface area contributed by atoms with Crippen LogP contribution in [0.4, 0.5) is 5.69 Å². The number of allylic oxidation sites excluding steroid dienone is 2. The van der Waals surface area contributed by atoms with E-state index in [0.717, 1.165) is 11.1 Å². The smallest absolute Gasteiger partial charge is 0.258 e. The molecule has 1 aliphatic carbocycles. The summed E-state index contributed by atoms with van der Waals surface area (Å²) in [7, 11) is 0. The largest absolute Gasteiger partial charge is 0.273 e. The van der Waals surface area contributed by atoms with Crippen molar-refractivity contribution in [1.82, 2.24) is 0 Å². The van der Waals surface area contributed by atoms with Crippen LogP contribution in [0.5, 0.6) is 0 Å². The number of benzene rings is 1. The fourth-order valence-corrected chi connectivity index (χ4v) is 2.48. The van der Waals surface area contributed by atoms with Gasteiger partial charge in [0.2, 0.25) is 0 Å². The Morgan fingerprint density at radius 1 is 1.41 bits per heavy atom. The molecule has 0 aliphatic heterocycles. The molecule has 0 radical (unpaired) electrons. The summed E-state index contributed by atoms with van der Waals surface area (Å²) in [6, 6.07) is 5.40. The number of hydrogen-bond acceptors (Lipinski definition) is 2. The lowest BCUT2D eigenvalue weighted by atomic mass is 9.68. The van der Waals surface area contributed by atoms with Crippen LogP contribution in [0.15, 0.2) is 30.4 Å². The molecule has 0 bridgehead atoms. The van der Waals surface area contributed by atoms with E-state index in [-0.39, 0.29) is 16.0 Å². The van der Waals surface area contributed by atoms with Crippen molar-refractivity contribution in [3.05, 3.63) is 51.6 Å². The molecule has 90 valence electrons. The third-order valence-electron chi connectivity index (χ3n) is 3.91. The van der Waals surface area contributed by atoms with Gasteiger partial charge in [0, 0.05) is 17.0 Å². The minimum Gasteiger partial charge on any atom is -0.258 e. The van der Waals surface area contributed by atoms with Gasteiger partial charge in [-0.2, -0.15) is 0 Å². The molecule has 1 aromatic carbocycles. The summed E-state index contributed by atoms with van der Waals surface area (Å²) in [5.74, 6) is 0.416. The minimum absolute atomic E-state index is 0.0976. The zero-order valence-corrected chi connectivity index (χ0v) is 10.4. The third kappa shape index (κ3) is 1.75. The van der Waals surface area contributed by atoms with Gasteiger partial charge < -0.3 is 0 Å². The van der Waals surface area contributed by atoms with Crippen LogP contribution in [-0.2, 0) is 11.8 Å². The molecule has 3 heteroatoms. The zero-order valence-electron chi connectivity index (χ0n) is 10.4. The van der Waals surface area contributed by atoms with E-state index in [1.54, 1.807) is 12.1 Å². The summed E-state index contributed by atoms with van der Waals surface area (Å²) < 4.78 is 0. The van der Waals surface area contributed by atoms with E-state index >= 15 is 0 Å². The molecule has 1 atom stereocenters. The van der Waals surface area contributed by atoms with Crippen LogP contribution in [-0.4, -0.2) is 4.92 Å². The topological polar surface area (TPSA) is 43.1 Å². The van der Waals surface area contributed by atoms with Crippen molar-refractivity contribution in [3.63, 3.8) is 0 Å². The van der Waals surface area contributed by atoms with Crippen LogP contribution in [0.25, 0.3) is 0 Å². The molecule has 2 rings (SSSR count). The third-order valence-corrected chi connectivity index (χ3v) is 3.91. The summed E-state index contributed by atoms with van der Waals surface area (Å²) >= 11 is 0. The summed E-state index contributed by atoms with van der Waals surface area (Å²) in [5.41, 5.74) is 2.12. The second kappa shape index (κ2) is 3.99. The lowest BCUT2D eigenvalue weighted by molar-refractivity contribution is -0.385. The second-order valence-corrected chi connectivity index (χ2v) is 5.10. The van der Waals surface area contributed by atoms with E-state index in [9.17, 15) is 10.1 Å². The zero-order chi connectivity index (χ0) is 12.6. The lowest BCUT2D eigenvalue weighted by Crippen LogP contribution is -2.30. The van der Waals surface area contributed by atoms with E-state index < -0.39 is 0 Å². The van der Waals surface area contributed by atoms with Gasteiger partial charge in [-0.25, -0.2) is 0 Å². The molecule has 1 unspecified atom stereocenters. The highest BCUT2D eigenvalue weighted by molar-refractivity contribution is 5.53. The number of nitro groups is 1. The quantitative estimate of drug-likeness (QED) is 0.443. The highest BCUT2D eigenvalue weighted by atomic mass is 16.6. The Balaban J connectivity index is 2.65. The minimum atomic E-state index is -0.279. The molecule has 0 aromatic heterocycles. The lowest BCUT2D eigenvalue weighted by Gasteiger charge is -2.35. The van der Waals surface area contributed by atoms with Crippen molar-refractivity contribution in [2.24, 2.45) is 5.92 Å². The van der Waals surface area contributed by atoms with Gasteiger partial charge in [-0.15, -0.1) is 0 Å². The van der Waals surface area contributed by atoms with E-state index in [4.69, 9.17) is 0 Å². The van der Waals surface area contributed by atoms with Crippen LogP contribution in [0, 0.1) is 16.0 Å². The molecular formula is C14H17NO2.